The Balaban J connectivity index is 1.90. The molecule has 3 aromatic rings. The average molecular weight is 489 g/mol. The van der Waals surface area contributed by atoms with Gasteiger partial charge < -0.3 is 15.0 Å². The number of hydrogen-bond donors (Lipinski definition) is 1. The zero-order valence-electron chi connectivity index (χ0n) is 20.0. The molecular formula is C24H29FN4O4S. The summed E-state index contributed by atoms with van der Waals surface area (Å²) in [6.45, 7) is 8.02. The Bertz CT molecular complexity index is 1430. The van der Waals surface area contributed by atoms with Gasteiger partial charge in [-0.1, -0.05) is 6.07 Å². The molecule has 34 heavy (non-hydrogen) atoms. The third-order valence-electron chi connectivity index (χ3n) is 6.06. The molecule has 0 saturated carbocycles. The van der Waals surface area contributed by atoms with Crippen molar-refractivity contribution in [3.05, 3.63) is 57.6 Å². The van der Waals surface area contributed by atoms with E-state index in [2.05, 4.69) is 5.32 Å². The lowest BCUT2D eigenvalue weighted by Gasteiger charge is -2.32. The molecule has 1 aromatic heterocycles. The number of morpholine rings is 1. The molecule has 0 radical (unpaired) electrons. The van der Waals surface area contributed by atoms with Crippen LogP contribution in [0.3, 0.4) is 0 Å². The molecule has 4 rings (SSSR count). The number of anilines is 2. The highest BCUT2D eigenvalue weighted by Crippen LogP contribution is 2.34. The van der Waals surface area contributed by atoms with E-state index in [1.165, 1.54) is 12.1 Å². The first kappa shape index (κ1) is 24.2. The number of hydrogen-bond acceptors (Lipinski definition) is 7. The van der Waals surface area contributed by atoms with Crippen molar-refractivity contribution in [2.24, 2.45) is 7.05 Å². The number of fused-ring (bicyclic) bond motifs is 1. The van der Waals surface area contributed by atoms with Gasteiger partial charge >= 0.3 is 0 Å². The van der Waals surface area contributed by atoms with Crippen LogP contribution in [-0.2, 0) is 27.2 Å². The average Bonchev–Trinajstić information content (AvgIpc) is 2.77. The van der Waals surface area contributed by atoms with E-state index >= 15 is 0 Å². The molecule has 1 fully saturated rings. The summed E-state index contributed by atoms with van der Waals surface area (Å²) in [5.41, 5.74) is 1.42. The number of aromatic nitrogens is 2. The SMILES string of the molecule is Cc1cc(C(C)(C)Nc2ccc(F)cc2S(C)(=O)=O)c2nc(N3CCOCC3)n(C)c(=O)c2c1. The maximum Gasteiger partial charge on any atom is 0.262 e. The monoisotopic (exact) mass is 488 g/mol. The molecule has 182 valence electrons. The summed E-state index contributed by atoms with van der Waals surface area (Å²) >= 11 is 0. The smallest absolute Gasteiger partial charge is 0.262 e. The molecule has 8 nitrogen and oxygen atoms in total. The van der Waals surface area contributed by atoms with Crippen molar-refractivity contribution in [3.8, 4) is 0 Å². The topological polar surface area (TPSA) is 93.5 Å². The van der Waals surface area contributed by atoms with Gasteiger partial charge in [-0.15, -0.1) is 0 Å². The van der Waals surface area contributed by atoms with Gasteiger partial charge in [-0.3, -0.25) is 9.36 Å². The van der Waals surface area contributed by atoms with Gasteiger partial charge in [0, 0.05) is 32.0 Å². The first-order chi connectivity index (χ1) is 15.9. The summed E-state index contributed by atoms with van der Waals surface area (Å²) in [6, 6.07) is 7.39. The molecule has 1 saturated heterocycles. The minimum Gasteiger partial charge on any atom is -0.378 e. The summed E-state index contributed by atoms with van der Waals surface area (Å²) < 4.78 is 45.5. The van der Waals surface area contributed by atoms with Crippen LogP contribution in [0.15, 0.2) is 40.0 Å². The first-order valence-electron chi connectivity index (χ1n) is 11.0. The van der Waals surface area contributed by atoms with Crippen LogP contribution < -0.4 is 15.8 Å². The fourth-order valence-corrected chi connectivity index (χ4v) is 5.19. The van der Waals surface area contributed by atoms with Crippen molar-refractivity contribution in [2.75, 3.05) is 42.8 Å². The van der Waals surface area contributed by atoms with Crippen LogP contribution in [0.5, 0.6) is 0 Å². The van der Waals surface area contributed by atoms with Crippen LogP contribution in [0.4, 0.5) is 16.0 Å². The van der Waals surface area contributed by atoms with Gasteiger partial charge in [-0.2, -0.15) is 0 Å². The largest absolute Gasteiger partial charge is 0.378 e. The van der Waals surface area contributed by atoms with Crippen molar-refractivity contribution in [1.29, 1.82) is 0 Å². The lowest BCUT2D eigenvalue weighted by molar-refractivity contribution is 0.121. The standard InChI is InChI=1S/C24H29FN4O4S/c1-15-12-17-21(26-23(28(4)22(17)30)29-8-10-33-11-9-29)18(13-15)24(2,3)27-19-7-6-16(25)14-20(19)34(5,31)32/h6-7,12-14,27H,8-11H2,1-5H3. The van der Waals surface area contributed by atoms with E-state index < -0.39 is 21.2 Å². The minimum absolute atomic E-state index is 0.129. The number of nitrogens with one attached hydrogen (secondary N) is 1. The summed E-state index contributed by atoms with van der Waals surface area (Å²) in [5, 5.41) is 3.74. The molecule has 0 unspecified atom stereocenters. The lowest BCUT2D eigenvalue weighted by Crippen LogP contribution is -2.40. The second-order valence-corrected chi connectivity index (χ2v) is 11.2. The van der Waals surface area contributed by atoms with Gasteiger partial charge in [0.25, 0.3) is 5.56 Å². The predicted molar refractivity (Wildman–Crippen MR) is 131 cm³/mol. The molecule has 1 aliphatic heterocycles. The Morgan fingerprint density at radius 1 is 1.15 bits per heavy atom. The summed E-state index contributed by atoms with van der Waals surface area (Å²) in [5.74, 6) is -0.0783. The van der Waals surface area contributed by atoms with Gasteiger partial charge in [0.2, 0.25) is 5.95 Å². The molecule has 2 heterocycles. The summed E-state index contributed by atoms with van der Waals surface area (Å²) in [6.07, 6.45) is 1.04. The number of halogens is 1. The molecule has 2 aromatic carbocycles. The zero-order chi connectivity index (χ0) is 24.8. The van der Waals surface area contributed by atoms with Gasteiger partial charge in [-0.05, 0) is 50.6 Å². The van der Waals surface area contributed by atoms with Crippen molar-refractivity contribution < 1.29 is 17.5 Å². The molecule has 0 atom stereocenters. The molecule has 0 aliphatic carbocycles. The van der Waals surface area contributed by atoms with Crippen LogP contribution in [0.2, 0.25) is 0 Å². The van der Waals surface area contributed by atoms with E-state index in [0.717, 1.165) is 23.4 Å². The van der Waals surface area contributed by atoms with Crippen LogP contribution in [-0.4, -0.2) is 50.5 Å². The van der Waals surface area contributed by atoms with E-state index in [1.54, 1.807) is 11.6 Å². The molecule has 0 amide bonds. The van der Waals surface area contributed by atoms with Crippen LogP contribution in [0, 0.1) is 12.7 Å². The summed E-state index contributed by atoms with van der Waals surface area (Å²) in [7, 11) is -1.97. The first-order valence-corrected chi connectivity index (χ1v) is 12.9. The highest BCUT2D eigenvalue weighted by Gasteiger charge is 2.28. The van der Waals surface area contributed by atoms with Crippen molar-refractivity contribution in [1.82, 2.24) is 9.55 Å². The number of ether oxygens (including phenoxy) is 1. The van der Waals surface area contributed by atoms with Gasteiger partial charge in [0.15, 0.2) is 9.84 Å². The number of nitrogens with zero attached hydrogens (tertiary/aromatic N) is 3. The maximum atomic E-state index is 13.8. The number of rotatable bonds is 5. The quantitative estimate of drug-likeness (QED) is 0.590. The molecule has 0 bridgehead atoms. The Hall–Kier alpha value is -2.98. The van der Waals surface area contributed by atoms with E-state index in [4.69, 9.17) is 9.72 Å². The normalized spacial score (nSPS) is 15.1. The van der Waals surface area contributed by atoms with E-state index in [1.807, 2.05) is 37.8 Å². The van der Waals surface area contributed by atoms with E-state index in [-0.39, 0.29) is 16.1 Å². The molecule has 1 aliphatic rings. The van der Waals surface area contributed by atoms with Crippen LogP contribution in [0.25, 0.3) is 10.9 Å². The van der Waals surface area contributed by atoms with Crippen molar-refractivity contribution >= 4 is 32.4 Å². The van der Waals surface area contributed by atoms with Gasteiger partial charge in [0.05, 0.1) is 40.2 Å². The summed E-state index contributed by atoms with van der Waals surface area (Å²) in [4.78, 5) is 20.1. The Kier molecular flexibility index (Phi) is 6.15. The number of sulfone groups is 1. The Morgan fingerprint density at radius 3 is 2.47 bits per heavy atom. The van der Waals surface area contributed by atoms with Crippen molar-refractivity contribution in [2.45, 2.75) is 31.2 Å². The van der Waals surface area contributed by atoms with E-state index in [0.29, 0.717) is 43.2 Å². The molecular weight excluding hydrogens is 459 g/mol. The highest BCUT2D eigenvalue weighted by atomic mass is 32.2. The molecule has 1 N–H and O–H groups in total. The number of aryl methyl sites for hydroxylation is 1. The van der Waals surface area contributed by atoms with Crippen LogP contribution >= 0.6 is 0 Å². The second kappa shape index (κ2) is 8.66. The lowest BCUT2D eigenvalue weighted by atomic mass is 9.90. The van der Waals surface area contributed by atoms with E-state index in [9.17, 15) is 17.6 Å². The molecule has 0 spiro atoms. The second-order valence-electron chi connectivity index (χ2n) is 9.25. The minimum atomic E-state index is -3.68. The maximum absolute atomic E-state index is 13.8. The molecule has 10 heteroatoms. The zero-order valence-corrected chi connectivity index (χ0v) is 20.8. The Morgan fingerprint density at radius 2 is 1.82 bits per heavy atom. The van der Waals surface area contributed by atoms with Gasteiger partial charge in [-0.25, -0.2) is 17.8 Å². The fraction of sp³-hybridized carbons (Fsp3) is 0.417. The van der Waals surface area contributed by atoms with Crippen LogP contribution in [0.1, 0.15) is 25.0 Å². The third-order valence-corrected chi connectivity index (χ3v) is 7.20. The highest BCUT2D eigenvalue weighted by molar-refractivity contribution is 7.90. The number of benzene rings is 2. The van der Waals surface area contributed by atoms with Gasteiger partial charge in [0.1, 0.15) is 5.82 Å². The van der Waals surface area contributed by atoms with Crippen molar-refractivity contribution in [3.63, 3.8) is 0 Å². The predicted octanol–water partition coefficient (Wildman–Crippen LogP) is 2.97. The fourth-order valence-electron chi connectivity index (χ4n) is 4.34. The third kappa shape index (κ3) is 4.52. The Labute approximate surface area is 198 Å².